The summed E-state index contributed by atoms with van der Waals surface area (Å²) in [5.41, 5.74) is 2.44. The Morgan fingerprint density at radius 1 is 1.17 bits per heavy atom. The molecule has 0 saturated heterocycles. The molecule has 0 radical (unpaired) electrons. The van der Waals surface area contributed by atoms with Crippen LogP contribution < -0.4 is 0 Å². The van der Waals surface area contributed by atoms with E-state index in [1.165, 1.54) is 21.2 Å². The number of rotatable bonds is 0. The van der Waals surface area contributed by atoms with E-state index in [-0.39, 0.29) is 12.4 Å². The van der Waals surface area contributed by atoms with Gasteiger partial charge in [0.1, 0.15) is 0 Å². The maximum atomic E-state index is 11.0. The van der Waals surface area contributed by atoms with Crippen molar-refractivity contribution in [3.8, 4) is 0 Å². The number of hydrogen-bond acceptors (Lipinski definition) is 1. The molecule has 0 bridgehead atoms. The molecule has 0 fully saturated rings. The van der Waals surface area contributed by atoms with Crippen molar-refractivity contribution in [1.82, 2.24) is 4.90 Å². The van der Waals surface area contributed by atoms with E-state index in [2.05, 4.69) is 18.2 Å². The van der Waals surface area contributed by atoms with E-state index in [0.717, 1.165) is 12.0 Å². The molecule has 0 unspecified atom stereocenters. The summed E-state index contributed by atoms with van der Waals surface area (Å²) in [7, 11) is 0. The molecule has 1 amide bonds. The highest BCUT2D eigenvalue weighted by molar-refractivity contribution is 5.87. The fraction of sp³-hybridized carbons (Fsp3) is 0.214. The fourth-order valence-electron chi connectivity index (χ4n) is 2.52. The third kappa shape index (κ3) is 2.02. The van der Waals surface area contributed by atoms with Gasteiger partial charge in [-0.15, -0.1) is 12.4 Å². The van der Waals surface area contributed by atoms with Gasteiger partial charge in [0.2, 0.25) is 0 Å². The SMILES string of the molecule is Cl.O=C(O)N1CCc2c(ccc3ccccc23)C1. The summed E-state index contributed by atoms with van der Waals surface area (Å²) in [4.78, 5) is 12.4. The van der Waals surface area contributed by atoms with E-state index in [1.807, 2.05) is 18.2 Å². The minimum absolute atomic E-state index is 0. The Morgan fingerprint density at radius 2 is 1.94 bits per heavy atom. The van der Waals surface area contributed by atoms with Gasteiger partial charge in [-0.25, -0.2) is 4.79 Å². The van der Waals surface area contributed by atoms with Crippen LogP contribution in [0.25, 0.3) is 10.8 Å². The lowest BCUT2D eigenvalue weighted by Gasteiger charge is -2.27. The minimum Gasteiger partial charge on any atom is -0.465 e. The van der Waals surface area contributed by atoms with Crippen LogP contribution >= 0.6 is 12.4 Å². The second-order valence-electron chi connectivity index (χ2n) is 4.38. The van der Waals surface area contributed by atoms with Crippen LogP contribution in [-0.2, 0) is 13.0 Å². The molecular weight excluding hydrogens is 250 g/mol. The van der Waals surface area contributed by atoms with Crippen molar-refractivity contribution >= 4 is 29.3 Å². The Labute approximate surface area is 111 Å². The third-order valence-corrected chi connectivity index (χ3v) is 3.40. The second-order valence-corrected chi connectivity index (χ2v) is 4.38. The molecule has 2 aromatic carbocycles. The molecule has 1 heterocycles. The first kappa shape index (κ1) is 12.7. The summed E-state index contributed by atoms with van der Waals surface area (Å²) in [6, 6.07) is 12.4. The van der Waals surface area contributed by atoms with E-state index >= 15 is 0 Å². The Balaban J connectivity index is 0.00000120. The van der Waals surface area contributed by atoms with Crippen LogP contribution in [0.2, 0.25) is 0 Å². The zero-order valence-electron chi connectivity index (χ0n) is 9.80. The number of benzene rings is 2. The average Bonchev–Trinajstić information content (AvgIpc) is 2.38. The molecule has 2 aromatic rings. The molecule has 4 heteroatoms. The quantitative estimate of drug-likeness (QED) is 0.792. The van der Waals surface area contributed by atoms with Gasteiger partial charge in [-0.3, -0.25) is 0 Å². The predicted molar refractivity (Wildman–Crippen MR) is 73.3 cm³/mol. The molecule has 1 N–H and O–H groups in total. The number of fused-ring (bicyclic) bond motifs is 3. The van der Waals surface area contributed by atoms with Crippen molar-refractivity contribution in [2.75, 3.05) is 6.54 Å². The highest BCUT2D eigenvalue weighted by Gasteiger charge is 2.20. The van der Waals surface area contributed by atoms with Crippen molar-refractivity contribution in [3.63, 3.8) is 0 Å². The topological polar surface area (TPSA) is 40.5 Å². The molecule has 18 heavy (non-hydrogen) atoms. The number of nitrogens with zero attached hydrogens (tertiary/aromatic N) is 1. The first-order valence-corrected chi connectivity index (χ1v) is 5.73. The van der Waals surface area contributed by atoms with Gasteiger partial charge in [0.05, 0.1) is 0 Å². The molecular formula is C14H14ClNO2. The molecule has 0 aromatic heterocycles. The largest absolute Gasteiger partial charge is 0.465 e. The minimum atomic E-state index is -0.830. The van der Waals surface area contributed by atoms with Crippen LogP contribution in [0.4, 0.5) is 4.79 Å². The lowest BCUT2D eigenvalue weighted by molar-refractivity contribution is 0.140. The fourth-order valence-corrected chi connectivity index (χ4v) is 2.52. The summed E-state index contributed by atoms with van der Waals surface area (Å²) in [5, 5.41) is 11.5. The maximum Gasteiger partial charge on any atom is 0.407 e. The van der Waals surface area contributed by atoms with Gasteiger partial charge in [0, 0.05) is 13.1 Å². The lowest BCUT2D eigenvalue weighted by atomic mass is 9.94. The van der Waals surface area contributed by atoms with Gasteiger partial charge in [0.25, 0.3) is 0 Å². The second kappa shape index (κ2) is 4.86. The third-order valence-electron chi connectivity index (χ3n) is 3.40. The van der Waals surface area contributed by atoms with Crippen LogP contribution in [0.5, 0.6) is 0 Å². The van der Waals surface area contributed by atoms with Crippen molar-refractivity contribution in [2.45, 2.75) is 13.0 Å². The summed E-state index contributed by atoms with van der Waals surface area (Å²) in [6.07, 6.45) is -0.0213. The zero-order chi connectivity index (χ0) is 11.8. The number of carbonyl (C=O) groups is 1. The molecule has 0 saturated carbocycles. The van der Waals surface area contributed by atoms with Crippen molar-refractivity contribution < 1.29 is 9.90 Å². The Hall–Kier alpha value is -1.74. The highest BCUT2D eigenvalue weighted by atomic mass is 35.5. The van der Waals surface area contributed by atoms with Gasteiger partial charge in [0.15, 0.2) is 0 Å². The van der Waals surface area contributed by atoms with E-state index in [9.17, 15) is 4.79 Å². The van der Waals surface area contributed by atoms with E-state index in [1.54, 1.807) is 0 Å². The molecule has 3 nitrogen and oxygen atoms in total. The summed E-state index contributed by atoms with van der Waals surface area (Å²) in [5.74, 6) is 0. The molecule has 3 rings (SSSR count). The summed E-state index contributed by atoms with van der Waals surface area (Å²) < 4.78 is 0. The number of hydrogen-bond donors (Lipinski definition) is 1. The number of halogens is 1. The van der Waals surface area contributed by atoms with E-state index < -0.39 is 6.09 Å². The van der Waals surface area contributed by atoms with Crippen molar-refractivity contribution in [2.24, 2.45) is 0 Å². The molecule has 1 aliphatic rings. The maximum absolute atomic E-state index is 11.0. The monoisotopic (exact) mass is 263 g/mol. The summed E-state index contributed by atoms with van der Waals surface area (Å²) >= 11 is 0. The van der Waals surface area contributed by atoms with Gasteiger partial charge in [-0.1, -0.05) is 36.4 Å². The van der Waals surface area contributed by atoms with Gasteiger partial charge >= 0.3 is 6.09 Å². The molecule has 0 spiro atoms. The van der Waals surface area contributed by atoms with Crippen molar-refractivity contribution in [1.29, 1.82) is 0 Å². The Kier molecular flexibility index (Phi) is 3.43. The van der Waals surface area contributed by atoms with Crippen LogP contribution in [0.15, 0.2) is 36.4 Å². The van der Waals surface area contributed by atoms with Crippen LogP contribution in [0.3, 0.4) is 0 Å². The Morgan fingerprint density at radius 3 is 2.72 bits per heavy atom. The number of amides is 1. The van der Waals surface area contributed by atoms with Crippen LogP contribution in [0, 0.1) is 0 Å². The summed E-state index contributed by atoms with van der Waals surface area (Å²) in [6.45, 7) is 1.10. The normalized spacial score (nSPS) is 13.9. The predicted octanol–water partition coefficient (Wildman–Crippen LogP) is 3.30. The Bertz CT molecular complexity index is 597. The lowest BCUT2D eigenvalue weighted by Crippen LogP contribution is -2.34. The highest BCUT2D eigenvalue weighted by Crippen LogP contribution is 2.27. The van der Waals surface area contributed by atoms with E-state index in [4.69, 9.17) is 5.11 Å². The first-order valence-electron chi connectivity index (χ1n) is 5.73. The molecule has 0 atom stereocenters. The van der Waals surface area contributed by atoms with Crippen LogP contribution in [-0.4, -0.2) is 22.6 Å². The molecule has 0 aliphatic carbocycles. The van der Waals surface area contributed by atoms with Crippen LogP contribution in [0.1, 0.15) is 11.1 Å². The molecule has 1 aliphatic heterocycles. The average molecular weight is 264 g/mol. The van der Waals surface area contributed by atoms with Gasteiger partial charge < -0.3 is 10.0 Å². The van der Waals surface area contributed by atoms with Crippen molar-refractivity contribution in [3.05, 3.63) is 47.5 Å². The first-order chi connectivity index (χ1) is 8.25. The smallest absolute Gasteiger partial charge is 0.407 e. The number of carboxylic acid groups (broad SMARTS) is 1. The van der Waals surface area contributed by atoms with Gasteiger partial charge in [-0.2, -0.15) is 0 Å². The zero-order valence-corrected chi connectivity index (χ0v) is 10.6. The van der Waals surface area contributed by atoms with E-state index in [0.29, 0.717) is 13.1 Å². The standard InChI is InChI=1S/C14H13NO2.ClH/c16-14(17)15-8-7-13-11(9-15)6-5-10-3-1-2-4-12(10)13;/h1-6H,7-9H2,(H,16,17);1H. The molecule has 94 valence electrons. The van der Waals surface area contributed by atoms with Gasteiger partial charge in [-0.05, 0) is 28.3 Å².